The molecule has 0 radical (unpaired) electrons. The Morgan fingerprint density at radius 2 is 2.11 bits per heavy atom. The summed E-state index contributed by atoms with van der Waals surface area (Å²) in [6.45, 7) is 2.73. The Morgan fingerprint density at radius 1 is 1.39 bits per heavy atom. The summed E-state index contributed by atoms with van der Waals surface area (Å²) < 4.78 is 6.98. The summed E-state index contributed by atoms with van der Waals surface area (Å²) in [6, 6.07) is 9.68. The molecular formula is C14H18N2O2. The second kappa shape index (κ2) is 5.33. The molecule has 0 aliphatic rings. The highest BCUT2D eigenvalue weighted by Crippen LogP contribution is 2.14. The Hall–Kier alpha value is -1.65. The molecule has 18 heavy (non-hydrogen) atoms. The van der Waals surface area contributed by atoms with Crippen molar-refractivity contribution < 1.29 is 4.74 Å². The van der Waals surface area contributed by atoms with E-state index in [1.807, 2.05) is 37.3 Å². The van der Waals surface area contributed by atoms with Crippen molar-refractivity contribution in [3.8, 4) is 0 Å². The Kier molecular flexibility index (Phi) is 3.79. The number of fused-ring (bicyclic) bond motifs is 1. The van der Waals surface area contributed by atoms with E-state index < -0.39 is 0 Å². The lowest BCUT2D eigenvalue weighted by Crippen LogP contribution is -2.29. The van der Waals surface area contributed by atoms with Crippen LogP contribution in [0.3, 0.4) is 0 Å². The fourth-order valence-electron chi connectivity index (χ4n) is 2.05. The number of ether oxygens (including phenoxy) is 1. The number of hydrogen-bond acceptors (Lipinski definition) is 3. The van der Waals surface area contributed by atoms with Crippen LogP contribution < -0.4 is 11.3 Å². The minimum Gasteiger partial charge on any atom is -0.380 e. The zero-order chi connectivity index (χ0) is 13.1. The summed E-state index contributed by atoms with van der Waals surface area (Å²) >= 11 is 0. The molecule has 1 heterocycles. The molecule has 1 unspecified atom stereocenters. The van der Waals surface area contributed by atoms with Gasteiger partial charge in [0.05, 0.1) is 18.2 Å². The van der Waals surface area contributed by atoms with Crippen LogP contribution in [0.25, 0.3) is 10.9 Å². The molecule has 0 bridgehead atoms. The Bertz CT molecular complexity index is 604. The van der Waals surface area contributed by atoms with E-state index in [1.165, 1.54) is 0 Å². The predicted octanol–water partition coefficient (Wildman–Crippen LogP) is 1.50. The summed E-state index contributed by atoms with van der Waals surface area (Å²) in [5, 5.41) is 1.03. The second-order valence-corrected chi connectivity index (χ2v) is 4.39. The quantitative estimate of drug-likeness (QED) is 0.889. The number of para-hydroxylation sites is 1. The van der Waals surface area contributed by atoms with Gasteiger partial charge in [0.2, 0.25) is 0 Å². The van der Waals surface area contributed by atoms with E-state index in [-0.39, 0.29) is 18.2 Å². The number of pyridine rings is 1. The normalized spacial score (nSPS) is 12.8. The highest BCUT2D eigenvalue weighted by molar-refractivity contribution is 5.79. The predicted molar refractivity (Wildman–Crippen MR) is 72.6 cm³/mol. The van der Waals surface area contributed by atoms with E-state index in [0.29, 0.717) is 12.1 Å². The van der Waals surface area contributed by atoms with E-state index in [0.717, 1.165) is 10.9 Å². The van der Waals surface area contributed by atoms with Gasteiger partial charge in [-0.05, 0) is 24.4 Å². The number of aromatic nitrogens is 1. The topological polar surface area (TPSA) is 57.2 Å². The van der Waals surface area contributed by atoms with E-state index >= 15 is 0 Å². The summed E-state index contributed by atoms with van der Waals surface area (Å²) in [4.78, 5) is 12.3. The van der Waals surface area contributed by atoms with Gasteiger partial charge in [-0.2, -0.15) is 0 Å². The highest BCUT2D eigenvalue weighted by Gasteiger charge is 2.10. The van der Waals surface area contributed by atoms with Crippen LogP contribution in [-0.4, -0.2) is 17.8 Å². The third kappa shape index (κ3) is 2.30. The van der Waals surface area contributed by atoms with Gasteiger partial charge >= 0.3 is 0 Å². The summed E-state index contributed by atoms with van der Waals surface area (Å²) in [7, 11) is 1.64. The maximum atomic E-state index is 12.3. The van der Waals surface area contributed by atoms with Gasteiger partial charge < -0.3 is 15.0 Å². The number of methoxy groups -OCH3 is 1. The molecule has 0 saturated heterocycles. The molecular weight excluding hydrogens is 228 g/mol. The zero-order valence-corrected chi connectivity index (χ0v) is 10.7. The van der Waals surface area contributed by atoms with Gasteiger partial charge in [0.25, 0.3) is 5.56 Å². The monoisotopic (exact) mass is 246 g/mol. The van der Waals surface area contributed by atoms with Crippen LogP contribution in [-0.2, 0) is 17.8 Å². The van der Waals surface area contributed by atoms with E-state index in [2.05, 4.69) is 0 Å². The second-order valence-electron chi connectivity index (χ2n) is 4.39. The van der Waals surface area contributed by atoms with Crippen LogP contribution in [0.1, 0.15) is 12.5 Å². The Morgan fingerprint density at radius 3 is 2.78 bits per heavy atom. The number of nitrogens with zero attached hydrogens (tertiary/aromatic N) is 1. The average Bonchev–Trinajstić information content (AvgIpc) is 2.41. The van der Waals surface area contributed by atoms with Crippen LogP contribution >= 0.6 is 0 Å². The number of rotatable bonds is 4. The molecule has 0 aliphatic heterocycles. The molecule has 96 valence electrons. The lowest BCUT2D eigenvalue weighted by molar-refractivity contribution is 0.103. The standard InChI is InChI=1S/C14H18N2O2/c1-10(18-2)9-16-13-6-4-3-5-11(13)7-12(8-15)14(16)17/h3-7,10H,8-9,15H2,1-2H3. The fourth-order valence-corrected chi connectivity index (χ4v) is 2.05. The number of nitrogens with two attached hydrogens (primary N) is 1. The first-order valence-corrected chi connectivity index (χ1v) is 6.01. The number of hydrogen-bond donors (Lipinski definition) is 1. The lowest BCUT2D eigenvalue weighted by Gasteiger charge is -2.16. The molecule has 2 N–H and O–H groups in total. The first kappa shape index (κ1) is 12.8. The van der Waals surface area contributed by atoms with Crippen LogP contribution in [0.4, 0.5) is 0 Å². The first-order chi connectivity index (χ1) is 8.67. The molecule has 1 atom stereocenters. The number of benzene rings is 1. The van der Waals surface area contributed by atoms with Crippen molar-refractivity contribution in [2.24, 2.45) is 5.73 Å². The van der Waals surface area contributed by atoms with Crippen LogP contribution in [0.15, 0.2) is 35.1 Å². The van der Waals surface area contributed by atoms with Crippen molar-refractivity contribution in [3.05, 3.63) is 46.2 Å². The minimum absolute atomic E-state index is 0.0147. The molecule has 2 aromatic rings. The van der Waals surface area contributed by atoms with E-state index in [9.17, 15) is 4.79 Å². The summed E-state index contributed by atoms with van der Waals surface area (Å²) in [6.07, 6.45) is -0.0147. The largest absolute Gasteiger partial charge is 0.380 e. The lowest BCUT2D eigenvalue weighted by atomic mass is 10.1. The van der Waals surface area contributed by atoms with Crippen LogP contribution in [0.5, 0.6) is 0 Å². The third-order valence-corrected chi connectivity index (χ3v) is 3.14. The molecule has 0 spiro atoms. The van der Waals surface area contributed by atoms with Gasteiger partial charge in [0, 0.05) is 19.2 Å². The average molecular weight is 246 g/mol. The molecule has 1 aromatic carbocycles. The molecule has 0 amide bonds. The van der Waals surface area contributed by atoms with Gasteiger partial charge in [-0.1, -0.05) is 18.2 Å². The SMILES string of the molecule is COC(C)Cn1c(=O)c(CN)cc2ccccc21. The highest BCUT2D eigenvalue weighted by atomic mass is 16.5. The van der Waals surface area contributed by atoms with Crippen molar-refractivity contribution >= 4 is 10.9 Å². The van der Waals surface area contributed by atoms with Gasteiger partial charge in [-0.25, -0.2) is 0 Å². The van der Waals surface area contributed by atoms with Crippen molar-refractivity contribution in [1.29, 1.82) is 0 Å². The van der Waals surface area contributed by atoms with Gasteiger partial charge in [-0.3, -0.25) is 4.79 Å². The zero-order valence-electron chi connectivity index (χ0n) is 10.7. The minimum atomic E-state index is -0.0277. The molecule has 2 rings (SSSR count). The van der Waals surface area contributed by atoms with Gasteiger partial charge in [-0.15, -0.1) is 0 Å². The molecule has 1 aromatic heterocycles. The van der Waals surface area contributed by atoms with E-state index in [4.69, 9.17) is 10.5 Å². The van der Waals surface area contributed by atoms with Gasteiger partial charge in [0.1, 0.15) is 0 Å². The van der Waals surface area contributed by atoms with E-state index in [1.54, 1.807) is 11.7 Å². The maximum Gasteiger partial charge on any atom is 0.255 e. The fraction of sp³-hybridized carbons (Fsp3) is 0.357. The van der Waals surface area contributed by atoms with Crippen LogP contribution in [0.2, 0.25) is 0 Å². The van der Waals surface area contributed by atoms with Gasteiger partial charge in [0.15, 0.2) is 0 Å². The maximum absolute atomic E-state index is 12.3. The molecule has 0 aliphatic carbocycles. The van der Waals surface area contributed by atoms with Crippen molar-refractivity contribution in [2.75, 3.05) is 7.11 Å². The summed E-state index contributed by atoms with van der Waals surface area (Å²) in [5.41, 5.74) is 7.16. The molecule has 4 nitrogen and oxygen atoms in total. The van der Waals surface area contributed by atoms with Crippen molar-refractivity contribution in [2.45, 2.75) is 26.1 Å². The van der Waals surface area contributed by atoms with Crippen LogP contribution in [0, 0.1) is 0 Å². The first-order valence-electron chi connectivity index (χ1n) is 6.01. The van der Waals surface area contributed by atoms with Crippen molar-refractivity contribution in [3.63, 3.8) is 0 Å². The third-order valence-electron chi connectivity index (χ3n) is 3.14. The Balaban J connectivity index is 2.66. The summed E-state index contributed by atoms with van der Waals surface area (Å²) in [5.74, 6) is 0. The molecule has 4 heteroatoms. The smallest absolute Gasteiger partial charge is 0.255 e. The Labute approximate surface area is 106 Å². The molecule has 0 fully saturated rings. The van der Waals surface area contributed by atoms with Crippen molar-refractivity contribution in [1.82, 2.24) is 4.57 Å². The molecule has 0 saturated carbocycles.